The molecule has 1 aliphatic carbocycles. The summed E-state index contributed by atoms with van der Waals surface area (Å²) in [5, 5.41) is 20.0. The third-order valence-electron chi connectivity index (χ3n) is 17.0. The molecule has 3 aliphatic heterocycles. The maximum absolute atomic E-state index is 14.5. The van der Waals surface area contributed by atoms with Gasteiger partial charge in [-0.05, 0) is 147 Å². The monoisotopic (exact) mass is 1130 g/mol. The molecule has 8 rings (SSSR count). The number of aromatic nitrogens is 3. The molecule has 19 heteroatoms. The molecule has 0 bridgehead atoms. The van der Waals surface area contributed by atoms with Gasteiger partial charge in [-0.2, -0.15) is 0 Å². The summed E-state index contributed by atoms with van der Waals surface area (Å²) in [6, 6.07) is 9.95. The molecule has 0 radical (unpaired) electrons. The topological polar surface area (TPSA) is 203 Å². The first-order valence-corrected chi connectivity index (χ1v) is 30.4. The zero-order valence-electron chi connectivity index (χ0n) is 49.1. The Balaban J connectivity index is 0.697. The lowest BCUT2D eigenvalue weighted by molar-refractivity contribution is -0.144. The van der Waals surface area contributed by atoms with Crippen LogP contribution in [-0.2, 0) is 19.2 Å². The van der Waals surface area contributed by atoms with Crippen molar-refractivity contribution >= 4 is 46.7 Å². The van der Waals surface area contributed by atoms with Gasteiger partial charge in [-0.25, -0.2) is 19.3 Å². The summed E-state index contributed by atoms with van der Waals surface area (Å²) in [5.41, 5.74) is 4.46. The number of β-amino-alcohol motifs (C(OH)–C–C–N with tert-alkyl or cyclic N) is 1. The SMILES string of the molecule is Cc1ncsc1-c1ccc([C@@H](C)NC(=O)[C@H]2C[C@H](O)CN2C(=O)[C@H](NC(=O)CCCCCCC(=O)NC2CCC(CN3CCC4(CC3)CN(c3ncncc3Oc3ccc(F)cc3C(=O)N(C(C)C)C(C)C)C4)CC2)C(C)(C)C)cc1. The van der Waals surface area contributed by atoms with E-state index >= 15 is 0 Å². The van der Waals surface area contributed by atoms with E-state index in [1.54, 1.807) is 22.4 Å². The Hall–Kier alpha value is -6.05. The van der Waals surface area contributed by atoms with Gasteiger partial charge in [0.25, 0.3) is 5.91 Å². The first-order chi connectivity index (χ1) is 38.6. The zero-order chi connectivity index (χ0) is 58.2. The van der Waals surface area contributed by atoms with E-state index in [1.807, 2.05) is 92.1 Å². The number of ether oxygens (including phenoxy) is 1. The van der Waals surface area contributed by atoms with E-state index in [0.29, 0.717) is 30.3 Å². The summed E-state index contributed by atoms with van der Waals surface area (Å²) < 4.78 is 20.9. The number of carbonyl (C=O) groups excluding carboxylic acids is 5. The number of carbonyl (C=O) groups is 5. The van der Waals surface area contributed by atoms with Gasteiger partial charge in [0.2, 0.25) is 23.6 Å². The van der Waals surface area contributed by atoms with Crippen LogP contribution in [0.4, 0.5) is 10.2 Å². The van der Waals surface area contributed by atoms with Gasteiger partial charge in [-0.3, -0.25) is 24.0 Å². The van der Waals surface area contributed by atoms with Gasteiger partial charge in [-0.1, -0.05) is 57.9 Å². The lowest BCUT2D eigenvalue weighted by Gasteiger charge is -2.54. The van der Waals surface area contributed by atoms with Crippen LogP contribution in [0, 0.1) is 29.5 Å². The maximum Gasteiger partial charge on any atom is 0.258 e. The number of hydrogen-bond acceptors (Lipinski definition) is 13. The van der Waals surface area contributed by atoms with Gasteiger partial charge in [-0.15, -0.1) is 11.3 Å². The van der Waals surface area contributed by atoms with Crippen molar-refractivity contribution in [2.75, 3.05) is 44.2 Å². The molecular weight excluding hydrogens is 1050 g/mol. The van der Waals surface area contributed by atoms with Crippen molar-refractivity contribution in [1.29, 1.82) is 0 Å². The summed E-state index contributed by atoms with van der Waals surface area (Å²) in [6.45, 7) is 22.2. The Kier molecular flexibility index (Phi) is 20.3. The summed E-state index contributed by atoms with van der Waals surface area (Å²) in [6.07, 6.45) is 12.4. The highest BCUT2D eigenvalue weighted by Gasteiger charge is 2.47. The third kappa shape index (κ3) is 15.5. The normalized spacial score (nSPS) is 20.9. The van der Waals surface area contributed by atoms with Gasteiger partial charge < -0.3 is 45.4 Å². The highest BCUT2D eigenvalue weighted by Crippen LogP contribution is 2.45. The van der Waals surface area contributed by atoms with Crippen LogP contribution in [0.2, 0.25) is 0 Å². The number of rotatable bonds is 22. The summed E-state index contributed by atoms with van der Waals surface area (Å²) in [5.74, 6) is 0.285. The lowest BCUT2D eigenvalue weighted by Crippen LogP contribution is -2.61. The molecule has 4 atom stereocenters. The molecule has 17 nitrogen and oxygen atoms in total. The van der Waals surface area contributed by atoms with Crippen molar-refractivity contribution in [3.63, 3.8) is 0 Å². The van der Waals surface area contributed by atoms with Crippen molar-refractivity contribution in [1.82, 2.24) is 45.6 Å². The molecular formula is C62H87FN10O7S. The minimum atomic E-state index is -0.893. The minimum absolute atomic E-state index is 0.00794. The molecule has 5 heterocycles. The van der Waals surface area contributed by atoms with Crippen molar-refractivity contribution in [3.05, 3.63) is 83.1 Å². The summed E-state index contributed by atoms with van der Waals surface area (Å²) in [7, 11) is 0. The number of nitrogens with zero attached hydrogens (tertiary/aromatic N) is 7. The van der Waals surface area contributed by atoms with Crippen LogP contribution in [0.5, 0.6) is 11.5 Å². The molecule has 2 aromatic carbocycles. The predicted molar refractivity (Wildman–Crippen MR) is 313 cm³/mol. The van der Waals surface area contributed by atoms with E-state index in [2.05, 4.69) is 40.7 Å². The molecule has 440 valence electrons. The van der Waals surface area contributed by atoms with E-state index in [-0.39, 0.29) is 89.8 Å². The first-order valence-electron chi connectivity index (χ1n) is 29.5. The molecule has 2 aromatic heterocycles. The first kappa shape index (κ1) is 61.0. The molecule has 3 saturated heterocycles. The highest BCUT2D eigenvalue weighted by molar-refractivity contribution is 7.13. The minimum Gasteiger partial charge on any atom is -0.451 e. The highest BCUT2D eigenvalue weighted by atomic mass is 32.1. The molecule has 1 saturated carbocycles. The molecule has 4 aromatic rings. The fourth-order valence-corrected chi connectivity index (χ4v) is 13.3. The van der Waals surface area contributed by atoms with Crippen LogP contribution in [-0.4, -0.2) is 140 Å². The van der Waals surface area contributed by atoms with E-state index in [1.165, 1.54) is 29.4 Å². The number of amides is 5. The average Bonchev–Trinajstić information content (AvgIpc) is 4.09. The van der Waals surface area contributed by atoms with Crippen molar-refractivity contribution in [2.45, 2.75) is 188 Å². The number of thiazole rings is 1. The van der Waals surface area contributed by atoms with Gasteiger partial charge in [0.1, 0.15) is 30.0 Å². The van der Waals surface area contributed by atoms with Crippen LogP contribution in [0.25, 0.3) is 10.4 Å². The standard InChI is InChI=1S/C62H87FN10O7S/c1-39(2)73(40(3)4)59(78)49-30-46(63)22-25-51(49)80-52-32-64-37-65-57(52)71-35-62(36-71)26-28-70(29-27-62)33-43-16-23-47(24-17-43)68-53(75)14-12-10-11-13-15-54(76)69-56(61(7,8)9)60(79)72-34-48(74)31-50(72)58(77)67-41(5)44-18-20-45(21-19-44)55-42(6)66-38-81-55/h18-22,25,30,32,37-41,43,47-48,50,56,74H,10-17,23-24,26-29,31,33-36H2,1-9H3,(H,67,77)(H,68,75)(H,69,76)/t41-,43?,47?,48+,50-,56+/m1/s1. The fraction of sp³-hybridized carbons (Fsp3) is 0.613. The van der Waals surface area contributed by atoms with E-state index < -0.39 is 29.4 Å². The third-order valence-corrected chi connectivity index (χ3v) is 18.0. The van der Waals surface area contributed by atoms with Crippen molar-refractivity contribution < 1.29 is 38.2 Å². The lowest BCUT2D eigenvalue weighted by atomic mass is 9.71. The Morgan fingerprint density at radius 3 is 2.16 bits per heavy atom. The molecule has 4 N–H and O–H groups in total. The van der Waals surface area contributed by atoms with Crippen LogP contribution in [0.1, 0.15) is 167 Å². The molecule has 5 amide bonds. The summed E-state index contributed by atoms with van der Waals surface area (Å²) in [4.78, 5) is 90.2. The van der Waals surface area contributed by atoms with Crippen LogP contribution < -0.4 is 25.6 Å². The number of piperidine rings is 1. The predicted octanol–water partition coefficient (Wildman–Crippen LogP) is 9.39. The van der Waals surface area contributed by atoms with E-state index in [9.17, 15) is 33.5 Å². The van der Waals surface area contributed by atoms with Crippen molar-refractivity contribution in [3.8, 4) is 21.9 Å². The molecule has 1 spiro atoms. The fourth-order valence-electron chi connectivity index (χ4n) is 12.5. The second kappa shape index (κ2) is 26.9. The van der Waals surface area contributed by atoms with Crippen LogP contribution in [0.3, 0.4) is 0 Å². The van der Waals surface area contributed by atoms with E-state index in [0.717, 1.165) is 112 Å². The quantitative estimate of drug-likeness (QED) is 0.0544. The number of anilines is 1. The molecule has 4 aliphatic rings. The largest absolute Gasteiger partial charge is 0.451 e. The number of aryl methyl sites for hydroxylation is 1. The Morgan fingerprint density at radius 1 is 0.864 bits per heavy atom. The number of unbranched alkanes of at least 4 members (excludes halogenated alkanes) is 3. The second-order valence-electron chi connectivity index (χ2n) is 25.1. The maximum atomic E-state index is 14.5. The smallest absolute Gasteiger partial charge is 0.258 e. The number of hydrogen-bond donors (Lipinski definition) is 4. The van der Waals surface area contributed by atoms with Crippen LogP contribution in [0.15, 0.2) is 60.5 Å². The van der Waals surface area contributed by atoms with Gasteiger partial charge in [0.05, 0.1) is 40.0 Å². The zero-order valence-corrected chi connectivity index (χ0v) is 50.0. The number of aliphatic hydroxyl groups excluding tert-OH is 1. The molecule has 4 fully saturated rings. The van der Waals surface area contributed by atoms with Gasteiger partial charge >= 0.3 is 0 Å². The molecule has 0 unspecified atom stereocenters. The Bertz CT molecular complexity index is 2790. The van der Waals surface area contributed by atoms with E-state index in [4.69, 9.17) is 4.74 Å². The molecule has 81 heavy (non-hydrogen) atoms. The number of nitrogens with one attached hydrogen (secondary N) is 3. The Morgan fingerprint density at radius 2 is 1.53 bits per heavy atom. The average molecular weight is 1140 g/mol. The van der Waals surface area contributed by atoms with Crippen LogP contribution >= 0.6 is 11.3 Å². The van der Waals surface area contributed by atoms with Crippen molar-refractivity contribution in [2.24, 2.45) is 16.7 Å². The van der Waals surface area contributed by atoms with Gasteiger partial charge in [0, 0.05) is 69.0 Å². The summed E-state index contributed by atoms with van der Waals surface area (Å²) >= 11 is 1.58. The van der Waals surface area contributed by atoms with Gasteiger partial charge in [0.15, 0.2) is 11.6 Å². The Labute approximate surface area is 482 Å². The number of halogens is 1. The number of benzene rings is 2. The number of likely N-dealkylation sites (tertiary alicyclic amines) is 2. The second-order valence-corrected chi connectivity index (χ2v) is 25.9. The number of aliphatic hydroxyl groups is 1.